The van der Waals surface area contributed by atoms with Gasteiger partial charge >= 0.3 is 0 Å². The number of benzene rings is 1. The molecule has 1 aliphatic rings. The molecule has 1 atom stereocenters. The normalized spacial score (nSPS) is 16.7. The van der Waals surface area contributed by atoms with E-state index in [0.717, 1.165) is 4.90 Å². The molecule has 1 aromatic rings. The molecule has 1 aliphatic heterocycles. The average molecular weight is 442 g/mol. The number of halogens is 3. The van der Waals surface area contributed by atoms with E-state index in [9.17, 15) is 13.6 Å². The molecule has 0 saturated heterocycles. The number of hydrogen-bond donors (Lipinski definition) is 0. The Hall–Kier alpha value is -0.956. The van der Waals surface area contributed by atoms with Gasteiger partial charge in [0.25, 0.3) is 6.43 Å². The monoisotopic (exact) mass is 441 g/mol. The first-order valence-electron chi connectivity index (χ1n) is 7.46. The van der Waals surface area contributed by atoms with E-state index in [2.05, 4.69) is 17.9 Å². The molecule has 1 radical (unpaired) electrons. The Morgan fingerprint density at radius 1 is 1.48 bits per heavy atom. The first kappa shape index (κ1) is 22.1. The van der Waals surface area contributed by atoms with E-state index in [1.807, 2.05) is 0 Å². The van der Waals surface area contributed by atoms with E-state index in [1.54, 1.807) is 32.0 Å². The van der Waals surface area contributed by atoms with Gasteiger partial charge in [-0.2, -0.15) is 0 Å². The van der Waals surface area contributed by atoms with Crippen molar-refractivity contribution in [1.82, 2.24) is 4.90 Å². The van der Waals surface area contributed by atoms with E-state index in [4.69, 9.17) is 16.3 Å². The molecule has 1 unspecified atom stereocenters. The Balaban J connectivity index is 0.00000312. The molecule has 25 heavy (non-hydrogen) atoms. The zero-order valence-corrected chi connectivity index (χ0v) is 17.6. The van der Waals surface area contributed by atoms with Gasteiger partial charge in [-0.05, 0) is 24.1 Å². The second-order valence-corrected chi connectivity index (χ2v) is 5.73. The van der Waals surface area contributed by atoms with Gasteiger partial charge in [0, 0.05) is 38.6 Å². The third-order valence-corrected chi connectivity index (χ3v) is 3.85. The van der Waals surface area contributed by atoms with Gasteiger partial charge in [0.2, 0.25) is 5.91 Å². The molecule has 0 N–H and O–H groups in total. The van der Waals surface area contributed by atoms with Gasteiger partial charge in [-0.3, -0.25) is 4.79 Å². The van der Waals surface area contributed by atoms with Crippen LogP contribution in [0.2, 0.25) is 5.02 Å². The summed E-state index contributed by atoms with van der Waals surface area (Å²) in [6.07, 6.45) is 0.760. The number of alkyl halides is 2. The summed E-state index contributed by atoms with van der Waals surface area (Å²) in [5.74, 6) is 5.27. The Labute approximate surface area is 176 Å². The molecule has 0 bridgehead atoms. The van der Waals surface area contributed by atoms with Crippen molar-refractivity contribution in [3.05, 3.63) is 34.9 Å². The van der Waals surface area contributed by atoms with E-state index in [-0.39, 0.29) is 51.1 Å². The van der Waals surface area contributed by atoms with Crippen molar-refractivity contribution in [2.24, 2.45) is 5.92 Å². The van der Waals surface area contributed by atoms with E-state index in [1.165, 1.54) is 0 Å². The minimum Gasteiger partial charge on any atom is -0.481 e. The van der Waals surface area contributed by atoms with Crippen LogP contribution in [0.15, 0.2) is 18.2 Å². The predicted molar refractivity (Wildman–Crippen MR) is 88.5 cm³/mol. The Bertz CT molecular complexity index is 713. The van der Waals surface area contributed by atoms with Gasteiger partial charge < -0.3 is 9.64 Å². The van der Waals surface area contributed by atoms with E-state index >= 15 is 0 Å². The van der Waals surface area contributed by atoms with E-state index < -0.39 is 13.0 Å². The van der Waals surface area contributed by atoms with Crippen LogP contribution < -0.4 is 4.74 Å². The van der Waals surface area contributed by atoms with Gasteiger partial charge in [-0.15, -0.1) is 34.8 Å². The standard InChI is InChI=1S/C18H17ClF2NO2.Y/c1-3-4-9-24-13-6-7-14(15(19)10-13)16-8-5-12(2)18(23)22(16)11-17(20)21;/h6-7,10,12,17H,5,9,11H2,1-2H3;/q-1;. The van der Waals surface area contributed by atoms with E-state index in [0.29, 0.717) is 28.5 Å². The predicted octanol–water partition coefficient (Wildman–Crippen LogP) is 4.02. The third-order valence-electron chi connectivity index (χ3n) is 3.54. The number of rotatable bonds is 5. The van der Waals surface area contributed by atoms with Crippen LogP contribution in [0.25, 0.3) is 5.70 Å². The molecule has 0 spiro atoms. The van der Waals surface area contributed by atoms with Crippen LogP contribution in [0.3, 0.4) is 0 Å². The second kappa shape index (κ2) is 10.3. The molecule has 2 rings (SSSR count). The third kappa shape index (κ3) is 5.77. The molecule has 0 saturated carbocycles. The van der Waals surface area contributed by atoms with Crippen LogP contribution in [0, 0.1) is 23.8 Å². The zero-order chi connectivity index (χ0) is 17.7. The summed E-state index contributed by atoms with van der Waals surface area (Å²) in [6.45, 7) is 2.96. The molecular weight excluding hydrogens is 425 g/mol. The number of amides is 1. The number of hydrogen-bond acceptors (Lipinski definition) is 2. The second-order valence-electron chi connectivity index (χ2n) is 5.33. The van der Waals surface area contributed by atoms with Crippen LogP contribution in [0.4, 0.5) is 8.78 Å². The van der Waals surface area contributed by atoms with Gasteiger partial charge in [0.1, 0.15) is 12.4 Å². The summed E-state index contributed by atoms with van der Waals surface area (Å²) in [6, 6.07) is 4.88. The molecule has 0 aromatic heterocycles. The molecule has 7 heteroatoms. The molecular formula is C18H17ClF2NO2Y-. The van der Waals surface area contributed by atoms with Crippen molar-refractivity contribution in [1.29, 1.82) is 0 Å². The summed E-state index contributed by atoms with van der Waals surface area (Å²) < 4.78 is 31.1. The number of ether oxygens (including phenoxy) is 1. The zero-order valence-electron chi connectivity index (χ0n) is 14.0. The largest absolute Gasteiger partial charge is 0.481 e. The maximum Gasteiger partial charge on any atom is 0.256 e. The average Bonchev–Trinajstić information content (AvgIpc) is 2.53. The smallest absolute Gasteiger partial charge is 0.256 e. The van der Waals surface area contributed by atoms with Gasteiger partial charge in [0.05, 0.1) is 6.54 Å². The molecule has 1 amide bonds. The Morgan fingerprint density at radius 2 is 2.20 bits per heavy atom. The van der Waals surface area contributed by atoms with Crippen LogP contribution in [0.5, 0.6) is 5.75 Å². The van der Waals surface area contributed by atoms with Crippen LogP contribution in [-0.2, 0) is 37.5 Å². The molecule has 1 aromatic carbocycles. The van der Waals surface area contributed by atoms with Crippen molar-refractivity contribution in [3.63, 3.8) is 0 Å². The molecule has 0 aliphatic carbocycles. The molecule has 1 heterocycles. The summed E-state index contributed by atoms with van der Waals surface area (Å²) in [5, 5.41) is 0.307. The van der Waals surface area contributed by atoms with Crippen molar-refractivity contribution in [3.8, 4) is 17.6 Å². The first-order chi connectivity index (χ1) is 11.4. The van der Waals surface area contributed by atoms with Crippen molar-refractivity contribution in [2.45, 2.75) is 26.7 Å². The topological polar surface area (TPSA) is 29.5 Å². The first-order valence-corrected chi connectivity index (χ1v) is 7.84. The Morgan fingerprint density at radius 3 is 2.80 bits per heavy atom. The van der Waals surface area contributed by atoms with Gasteiger partial charge in [-0.1, -0.05) is 19.3 Å². The summed E-state index contributed by atoms with van der Waals surface area (Å²) >= 11 is 6.26. The number of nitrogens with zero attached hydrogens (tertiary/aromatic N) is 1. The number of carbonyl (C=O) groups is 1. The minimum atomic E-state index is -2.63. The number of carbonyl (C=O) groups excluding carboxylic acids is 1. The van der Waals surface area contributed by atoms with Crippen molar-refractivity contribution >= 4 is 23.2 Å². The maximum atomic E-state index is 12.8. The molecule has 131 valence electrons. The van der Waals surface area contributed by atoms with Crippen molar-refractivity contribution < 1.29 is 51.0 Å². The van der Waals surface area contributed by atoms with Crippen LogP contribution in [0.1, 0.15) is 25.8 Å². The fourth-order valence-electron chi connectivity index (χ4n) is 2.34. The molecule has 3 nitrogen and oxygen atoms in total. The summed E-state index contributed by atoms with van der Waals surface area (Å²) in [7, 11) is 0. The van der Waals surface area contributed by atoms with Gasteiger partial charge in [-0.25, -0.2) is 14.9 Å². The SMILES string of the molecule is CC#CCOc1ccc(C2=[C-]CC(C)C(=O)N2CC(F)F)c(Cl)c1.[Y]. The van der Waals surface area contributed by atoms with Crippen LogP contribution >= 0.6 is 11.6 Å². The number of allylic oxidation sites excluding steroid dienone is 1. The summed E-state index contributed by atoms with van der Waals surface area (Å²) in [4.78, 5) is 13.3. The summed E-state index contributed by atoms with van der Waals surface area (Å²) in [5.41, 5.74) is 0.773. The van der Waals surface area contributed by atoms with Gasteiger partial charge in [0.15, 0.2) is 0 Å². The maximum absolute atomic E-state index is 12.8. The minimum absolute atomic E-state index is 0. The fourth-order valence-corrected chi connectivity index (χ4v) is 2.60. The quantitative estimate of drug-likeness (QED) is 0.510. The Kier molecular flexibility index (Phi) is 9.06. The fraction of sp³-hybridized carbons (Fsp3) is 0.389. The van der Waals surface area contributed by atoms with Crippen LogP contribution in [-0.4, -0.2) is 30.4 Å². The van der Waals surface area contributed by atoms with Crippen molar-refractivity contribution in [2.75, 3.05) is 13.2 Å². The molecule has 0 fully saturated rings.